The molecule has 5 fully saturated rings. The number of rotatable bonds is 61. The van der Waals surface area contributed by atoms with Gasteiger partial charge in [-0.15, -0.1) is 0 Å². The first kappa shape index (κ1) is 108. The van der Waals surface area contributed by atoms with Gasteiger partial charge in [-0.3, -0.25) is 19.2 Å². The standard InChI is InChI=1S/C84H148N4O34/c1-6-8-10-12-14-16-18-20-21-22-23-24-25-26-27-29-31-33-35-37-39-41-62(101)88-53(54(97)40-38-36-34-32-30-28-19-17-15-13-11-9-7-2)49-113-79-71(107)70(106)73(60(47-92)115-79)117-80-72(108)77(74(61(48-93)116-80)118-78-65(87-52(5)96)69(105)67(103)58(45-90)114-78)122-84(82(111)112)43-56(99)64(86-51(4)95)76(121-84)68(104)59(46-91)119-83(81(109)110)42-55(98)63(85-50(3)94)75(120-83)66(102)57(100)44-89/h20-21,38,40,53-61,63-80,89-93,97-100,102-108H,6-19,22-37,39,41-49H2,1-5H3,(H,85,94)(H,86,95)(H,87,96)(H,88,101)(H,109,110)(H,111,112)/t53-,54+,55-,56-,57+,58+,59+,60+,61+,63+,64+,65+,66+,67-,68+,69+,70+,71+,72+,73+,74-,75?,76?,77+,78-,79+,80-,83+,84-/m0/s1. The topological polar surface area (TPSA) is 607 Å². The number of nitrogens with one attached hydrogen (secondary N) is 4. The first-order valence-electron chi connectivity index (χ1n) is 44.4. The number of aliphatic hydroxyl groups is 16. The lowest BCUT2D eigenvalue weighted by Crippen LogP contribution is -2.72. The molecule has 5 heterocycles. The van der Waals surface area contributed by atoms with Crippen molar-refractivity contribution in [1.82, 2.24) is 21.3 Å². The molecule has 29 atom stereocenters. The van der Waals surface area contributed by atoms with Gasteiger partial charge in [-0.2, -0.15) is 0 Å². The molecule has 0 aromatic heterocycles. The summed E-state index contributed by atoms with van der Waals surface area (Å²) in [6.07, 6.45) is -10.0. The third-order valence-electron chi connectivity index (χ3n) is 23.1. The molecule has 38 heteroatoms. The van der Waals surface area contributed by atoms with E-state index in [1.54, 1.807) is 6.08 Å². The SMILES string of the molecule is CCCCCCCCC=CCCCCCCCCCCCCCC(=O)N[C@@H](CO[C@@H]1O[C@H](CO)[C@@H](O[C@@H]2O[C@H](CO)[C@H](O[C@@H]3O[C@H](CO)[C@H](O)[C@H](O)[C@H]3NC(C)=O)[C@H](O[C@]3(C(=O)O)C[C@H](O)[C@@H](NC(C)=O)C([C@H](O)[C@@H](CO)O[C@]4(C(=O)O)C[C@H](O)[C@@H](NC(C)=O)C([C@H](O)[C@H](O)CO)O4)O3)[C@H]2O)[C@H](O)[C@H]1O)[C@H](O)C=CCCCCCCCCCCCCC. The van der Waals surface area contributed by atoms with Gasteiger partial charge in [0.2, 0.25) is 23.6 Å². The summed E-state index contributed by atoms with van der Waals surface area (Å²) < 4.78 is 60.0. The second-order valence-electron chi connectivity index (χ2n) is 33.2. The fourth-order valence-electron chi connectivity index (χ4n) is 16.2. The Balaban J connectivity index is 1.39. The minimum Gasteiger partial charge on any atom is -0.477 e. The van der Waals surface area contributed by atoms with Gasteiger partial charge in [-0.05, 0) is 44.9 Å². The number of unbranched alkanes of at least 4 members (excludes halogenated alkanes) is 28. The first-order chi connectivity index (χ1) is 58.3. The molecule has 5 saturated heterocycles. The maximum absolute atomic E-state index is 14.2. The molecule has 0 bridgehead atoms. The van der Waals surface area contributed by atoms with Crippen molar-refractivity contribution in [3.05, 3.63) is 24.3 Å². The molecule has 5 aliphatic rings. The fraction of sp³-hybridized carbons (Fsp3) is 0.881. The van der Waals surface area contributed by atoms with E-state index in [0.29, 0.717) is 12.8 Å². The van der Waals surface area contributed by atoms with Crippen molar-refractivity contribution in [3.8, 4) is 0 Å². The van der Waals surface area contributed by atoms with Crippen LogP contribution < -0.4 is 21.3 Å². The van der Waals surface area contributed by atoms with Crippen LogP contribution in [0.5, 0.6) is 0 Å². The third kappa shape index (κ3) is 34.0. The monoisotopic (exact) mass is 1760 g/mol. The number of carbonyl (C=O) groups is 6. The summed E-state index contributed by atoms with van der Waals surface area (Å²) in [7, 11) is 0. The van der Waals surface area contributed by atoms with E-state index in [2.05, 4.69) is 47.3 Å². The summed E-state index contributed by atoms with van der Waals surface area (Å²) in [4.78, 5) is 79.2. The number of carboxylic acid groups (broad SMARTS) is 2. The smallest absolute Gasteiger partial charge is 0.364 e. The van der Waals surface area contributed by atoms with Crippen LogP contribution >= 0.6 is 0 Å². The molecule has 0 saturated carbocycles. The number of aliphatic hydroxyl groups excluding tert-OH is 16. The lowest BCUT2D eigenvalue weighted by Gasteiger charge is -2.52. The van der Waals surface area contributed by atoms with Crippen molar-refractivity contribution in [1.29, 1.82) is 0 Å². The number of carboxylic acids is 2. The van der Waals surface area contributed by atoms with Crippen LogP contribution in [0, 0.1) is 0 Å². The molecule has 0 aliphatic carbocycles. The van der Waals surface area contributed by atoms with Crippen LogP contribution in [-0.2, 0) is 76.1 Å². The third-order valence-corrected chi connectivity index (χ3v) is 23.1. The molecule has 0 radical (unpaired) electrons. The van der Waals surface area contributed by atoms with Gasteiger partial charge in [0.25, 0.3) is 11.6 Å². The number of aliphatic carboxylic acids is 2. The van der Waals surface area contributed by atoms with Crippen molar-refractivity contribution in [2.45, 2.75) is 430 Å². The molecule has 5 aliphatic heterocycles. The molecule has 4 amide bonds. The van der Waals surface area contributed by atoms with Gasteiger partial charge in [0, 0.05) is 40.0 Å². The quantitative estimate of drug-likeness (QED) is 0.0290. The van der Waals surface area contributed by atoms with E-state index < -0.39 is 265 Å². The summed E-state index contributed by atoms with van der Waals surface area (Å²) in [5.74, 6) is -14.6. The Bertz CT molecular complexity index is 3020. The Morgan fingerprint density at radius 3 is 1.33 bits per heavy atom. The second kappa shape index (κ2) is 57.2. The Labute approximate surface area is 715 Å². The lowest BCUT2D eigenvalue weighted by molar-refractivity contribution is -0.402. The average molecular weight is 1760 g/mol. The van der Waals surface area contributed by atoms with E-state index in [0.717, 1.165) is 97.8 Å². The van der Waals surface area contributed by atoms with Crippen LogP contribution in [0.1, 0.15) is 253 Å². The van der Waals surface area contributed by atoms with Gasteiger partial charge in [0.1, 0.15) is 110 Å². The maximum atomic E-state index is 14.2. The zero-order chi connectivity index (χ0) is 90.1. The molecule has 122 heavy (non-hydrogen) atoms. The number of allylic oxidation sites excluding steroid dienone is 3. The van der Waals surface area contributed by atoms with Crippen LogP contribution in [0.4, 0.5) is 0 Å². The molecule has 5 rings (SSSR count). The highest BCUT2D eigenvalue weighted by Crippen LogP contribution is 2.43. The van der Waals surface area contributed by atoms with E-state index >= 15 is 0 Å². The van der Waals surface area contributed by atoms with Gasteiger partial charge >= 0.3 is 11.9 Å². The molecular formula is C84H148N4O34. The van der Waals surface area contributed by atoms with Gasteiger partial charge in [0.05, 0.1) is 76.1 Å². The molecular weight excluding hydrogens is 1610 g/mol. The highest BCUT2D eigenvalue weighted by Gasteiger charge is 2.64. The molecule has 0 aromatic carbocycles. The summed E-state index contributed by atoms with van der Waals surface area (Å²) in [5.41, 5.74) is 0. The van der Waals surface area contributed by atoms with Crippen molar-refractivity contribution in [2.75, 3.05) is 39.6 Å². The van der Waals surface area contributed by atoms with Gasteiger partial charge < -0.3 is 161 Å². The van der Waals surface area contributed by atoms with Crippen LogP contribution in [0.15, 0.2) is 24.3 Å². The van der Waals surface area contributed by atoms with Crippen LogP contribution in [0.25, 0.3) is 0 Å². The van der Waals surface area contributed by atoms with E-state index in [-0.39, 0.29) is 6.42 Å². The predicted molar refractivity (Wildman–Crippen MR) is 435 cm³/mol. The fourth-order valence-corrected chi connectivity index (χ4v) is 16.2. The summed E-state index contributed by atoms with van der Waals surface area (Å²) in [5, 5.41) is 213. The van der Waals surface area contributed by atoms with Crippen molar-refractivity contribution < 1.29 is 168 Å². The van der Waals surface area contributed by atoms with E-state index in [4.69, 9.17) is 47.4 Å². The molecule has 708 valence electrons. The number of amides is 4. The van der Waals surface area contributed by atoms with Gasteiger partial charge in [0.15, 0.2) is 18.9 Å². The molecule has 0 aromatic rings. The largest absolute Gasteiger partial charge is 0.477 e. The van der Waals surface area contributed by atoms with Crippen LogP contribution in [-0.4, -0.2) is 344 Å². The highest BCUT2D eigenvalue weighted by atomic mass is 16.8. The van der Waals surface area contributed by atoms with Crippen LogP contribution in [0.3, 0.4) is 0 Å². The van der Waals surface area contributed by atoms with Gasteiger partial charge in [-0.1, -0.05) is 192 Å². The van der Waals surface area contributed by atoms with E-state index in [9.17, 15) is 121 Å². The number of ether oxygens (including phenoxy) is 10. The summed E-state index contributed by atoms with van der Waals surface area (Å²) in [6, 6.07) is -6.83. The Morgan fingerprint density at radius 2 is 0.861 bits per heavy atom. The van der Waals surface area contributed by atoms with E-state index in [1.165, 1.54) is 115 Å². The number of carbonyl (C=O) groups excluding carboxylic acids is 4. The normalized spacial score (nSPS) is 32.3. The van der Waals surface area contributed by atoms with Crippen LogP contribution in [0.2, 0.25) is 0 Å². The minimum absolute atomic E-state index is 0.109. The van der Waals surface area contributed by atoms with Crippen molar-refractivity contribution in [2.24, 2.45) is 0 Å². The molecule has 38 nitrogen and oxygen atoms in total. The first-order valence-corrected chi connectivity index (χ1v) is 44.4. The van der Waals surface area contributed by atoms with Crippen molar-refractivity contribution >= 4 is 35.6 Å². The Hall–Kier alpha value is -4.74. The molecule has 0 spiro atoms. The minimum atomic E-state index is -3.59. The lowest BCUT2D eigenvalue weighted by atomic mass is 9.87. The summed E-state index contributed by atoms with van der Waals surface area (Å²) in [6.45, 7) is 0.536. The predicted octanol–water partition coefficient (Wildman–Crippen LogP) is 0.424. The average Bonchev–Trinajstić information content (AvgIpc) is 0.745. The van der Waals surface area contributed by atoms with E-state index in [1.807, 2.05) is 0 Å². The zero-order valence-electron chi connectivity index (χ0n) is 71.8. The molecule has 2 unspecified atom stereocenters. The maximum Gasteiger partial charge on any atom is 0.364 e. The number of hydrogen-bond donors (Lipinski definition) is 22. The highest BCUT2D eigenvalue weighted by molar-refractivity contribution is 5.78. The number of hydrogen-bond acceptors (Lipinski definition) is 32. The van der Waals surface area contributed by atoms with Crippen molar-refractivity contribution in [3.63, 3.8) is 0 Å². The zero-order valence-corrected chi connectivity index (χ0v) is 71.8. The van der Waals surface area contributed by atoms with Gasteiger partial charge in [-0.25, -0.2) is 9.59 Å². The Morgan fingerprint density at radius 1 is 0.443 bits per heavy atom. The Kier molecular flexibility index (Phi) is 50.6. The summed E-state index contributed by atoms with van der Waals surface area (Å²) >= 11 is 0. The second-order valence-corrected chi connectivity index (χ2v) is 33.2. The molecule has 22 N–H and O–H groups in total.